The largest absolute Gasteiger partial charge is 0.387 e. The van der Waals surface area contributed by atoms with Crippen LogP contribution in [-0.2, 0) is 14.6 Å². The predicted octanol–water partition coefficient (Wildman–Crippen LogP) is 2.54. The number of aliphatic hydroxyl groups is 1. The zero-order valence-corrected chi connectivity index (χ0v) is 22.3. The van der Waals surface area contributed by atoms with Gasteiger partial charge in [0.2, 0.25) is 0 Å². The van der Waals surface area contributed by atoms with Crippen LogP contribution >= 0.6 is 24.0 Å². The normalized spacial score (nSPS) is 21.2. The van der Waals surface area contributed by atoms with Crippen LogP contribution in [0.1, 0.15) is 29.2 Å². The number of aryl methyl sites for hydroxylation is 1. The van der Waals surface area contributed by atoms with E-state index in [-0.39, 0.29) is 44.2 Å². The molecule has 0 bridgehead atoms. The average Bonchev–Trinajstić information content (AvgIpc) is 3.37. The van der Waals surface area contributed by atoms with Crippen LogP contribution in [0, 0.1) is 6.92 Å². The summed E-state index contributed by atoms with van der Waals surface area (Å²) < 4.78 is 25.6. The van der Waals surface area contributed by atoms with Gasteiger partial charge in [-0.3, -0.25) is 18.9 Å². The van der Waals surface area contributed by atoms with Gasteiger partial charge < -0.3 is 10.4 Å². The minimum Gasteiger partial charge on any atom is -0.387 e. The van der Waals surface area contributed by atoms with Crippen LogP contribution < -0.4 is 10.9 Å². The molecule has 5 rings (SSSR count). The number of pyridine rings is 1. The zero-order valence-electron chi connectivity index (χ0n) is 19.8. The number of aliphatic hydroxyl groups excluding tert-OH is 1. The molecule has 3 aromatic rings. The van der Waals surface area contributed by atoms with Crippen molar-refractivity contribution in [2.45, 2.75) is 25.5 Å². The Morgan fingerprint density at radius 1 is 1.24 bits per heavy atom. The molecule has 2 atom stereocenters. The smallest absolute Gasteiger partial charge is 0.267 e. The van der Waals surface area contributed by atoms with E-state index in [2.05, 4.69) is 10.3 Å². The molecule has 2 saturated heterocycles. The lowest BCUT2D eigenvalue weighted by Crippen LogP contribution is -2.39. The number of rotatable bonds is 6. The molecule has 2 fully saturated rings. The molecule has 2 N–H and O–H groups in total. The number of anilines is 1. The van der Waals surface area contributed by atoms with Gasteiger partial charge in [-0.15, -0.1) is 0 Å². The molecule has 9 nitrogen and oxygen atoms in total. The summed E-state index contributed by atoms with van der Waals surface area (Å²) in [6.45, 7) is 1.92. The monoisotopic (exact) mass is 556 g/mol. The Morgan fingerprint density at radius 2 is 2.00 bits per heavy atom. The van der Waals surface area contributed by atoms with Crippen LogP contribution in [-0.4, -0.2) is 62.1 Å². The predicted molar refractivity (Wildman–Crippen MR) is 148 cm³/mol. The number of aromatic nitrogens is 2. The van der Waals surface area contributed by atoms with Crippen molar-refractivity contribution in [2.75, 3.05) is 23.4 Å². The van der Waals surface area contributed by atoms with Gasteiger partial charge in [0.25, 0.3) is 11.5 Å². The Balaban J connectivity index is 1.53. The molecule has 0 aliphatic carbocycles. The Hall–Kier alpha value is -3.06. The lowest BCUT2D eigenvalue weighted by Gasteiger charge is -2.21. The maximum atomic E-state index is 13.5. The quantitative estimate of drug-likeness (QED) is 0.349. The number of hydrogen-bond acceptors (Lipinski definition) is 9. The highest BCUT2D eigenvalue weighted by Gasteiger charge is 2.42. The van der Waals surface area contributed by atoms with Crippen molar-refractivity contribution < 1.29 is 18.3 Å². The number of hydrogen-bond donors (Lipinski definition) is 2. The first kappa shape index (κ1) is 25.6. The summed E-state index contributed by atoms with van der Waals surface area (Å²) in [5, 5.41) is 13.7. The van der Waals surface area contributed by atoms with Crippen LogP contribution in [0.2, 0.25) is 0 Å². The summed E-state index contributed by atoms with van der Waals surface area (Å²) in [5.41, 5.74) is 1.69. The van der Waals surface area contributed by atoms with Crippen molar-refractivity contribution in [3.8, 4) is 0 Å². The van der Waals surface area contributed by atoms with Crippen molar-refractivity contribution in [2.24, 2.45) is 0 Å². The highest BCUT2D eigenvalue weighted by atomic mass is 32.2. The maximum Gasteiger partial charge on any atom is 0.267 e. The van der Waals surface area contributed by atoms with Gasteiger partial charge in [0.1, 0.15) is 15.8 Å². The highest BCUT2D eigenvalue weighted by molar-refractivity contribution is 8.26. The SMILES string of the molecule is Cc1cccn2c(=O)c(/C=C3\SC(=S)N([C@H]4CCS(=O)(=O)C4)C3=O)c(NC[C@@H](O)c3ccccc3)nc12. The third-order valence-electron chi connectivity index (χ3n) is 6.40. The first-order chi connectivity index (χ1) is 17.6. The molecule has 0 saturated carbocycles. The van der Waals surface area contributed by atoms with Crippen molar-refractivity contribution in [3.05, 3.63) is 80.6 Å². The van der Waals surface area contributed by atoms with E-state index in [1.54, 1.807) is 24.4 Å². The number of benzene rings is 1. The van der Waals surface area contributed by atoms with Gasteiger partial charge in [-0.2, -0.15) is 0 Å². The number of carbonyl (C=O) groups excluding carboxylic acids is 1. The number of nitrogens with one attached hydrogen (secondary N) is 1. The summed E-state index contributed by atoms with van der Waals surface area (Å²) >= 11 is 6.44. The van der Waals surface area contributed by atoms with Crippen molar-refractivity contribution in [1.29, 1.82) is 0 Å². The Bertz CT molecular complexity index is 1600. The molecule has 1 amide bonds. The standard InChI is InChI=1S/C25H24N4O5S3/c1-15-6-5-10-28-22(15)27-21(26-13-19(30)16-7-3-2-4-8-16)18(23(28)31)12-20-24(32)29(25(35)36-20)17-9-11-37(33,34)14-17/h2-8,10,12,17,19,26,30H,9,11,13-14H2,1H3/b20-12-/t17-,19+/m0/s1. The fourth-order valence-electron chi connectivity index (χ4n) is 4.47. The first-order valence-electron chi connectivity index (χ1n) is 11.6. The van der Waals surface area contributed by atoms with E-state index in [9.17, 15) is 23.1 Å². The molecule has 12 heteroatoms. The maximum absolute atomic E-state index is 13.5. The molecule has 2 aliphatic rings. The number of nitrogens with zero attached hydrogens (tertiary/aromatic N) is 3. The van der Waals surface area contributed by atoms with Crippen LogP contribution in [0.25, 0.3) is 11.7 Å². The summed E-state index contributed by atoms with van der Waals surface area (Å²) in [7, 11) is -3.22. The van der Waals surface area contributed by atoms with Crippen molar-refractivity contribution >= 4 is 61.6 Å². The molecule has 0 unspecified atom stereocenters. The molecule has 37 heavy (non-hydrogen) atoms. The van der Waals surface area contributed by atoms with E-state index in [1.165, 1.54) is 15.4 Å². The molecule has 0 spiro atoms. The van der Waals surface area contributed by atoms with Gasteiger partial charge in [0.05, 0.1) is 34.1 Å². The molecule has 4 heterocycles. The van der Waals surface area contributed by atoms with Crippen molar-refractivity contribution in [1.82, 2.24) is 14.3 Å². The first-order valence-corrected chi connectivity index (χ1v) is 14.7. The third kappa shape index (κ3) is 5.06. The van der Waals surface area contributed by atoms with Gasteiger partial charge >= 0.3 is 0 Å². The molecule has 2 aliphatic heterocycles. The minimum absolute atomic E-state index is 0.0148. The van der Waals surface area contributed by atoms with Crippen LogP contribution in [0.5, 0.6) is 0 Å². The van der Waals surface area contributed by atoms with Gasteiger partial charge in [-0.1, -0.05) is 60.4 Å². The van der Waals surface area contributed by atoms with E-state index >= 15 is 0 Å². The summed E-state index contributed by atoms with van der Waals surface area (Å²) in [5.74, 6) is -0.318. The van der Waals surface area contributed by atoms with Gasteiger partial charge in [-0.05, 0) is 36.6 Å². The number of sulfone groups is 1. The van der Waals surface area contributed by atoms with Crippen LogP contribution in [0.15, 0.2) is 58.4 Å². The van der Waals surface area contributed by atoms with Gasteiger partial charge in [-0.25, -0.2) is 13.4 Å². The number of thiocarbonyl (C=S) groups is 1. The Kier molecular flexibility index (Phi) is 6.92. The number of amides is 1. The lowest BCUT2D eigenvalue weighted by molar-refractivity contribution is -0.123. The number of carbonyl (C=O) groups is 1. The molecule has 192 valence electrons. The fraction of sp³-hybridized carbons (Fsp3) is 0.280. The summed E-state index contributed by atoms with van der Waals surface area (Å²) in [4.78, 5) is 33.0. The number of thioether (sulfide) groups is 1. The zero-order chi connectivity index (χ0) is 26.3. The Morgan fingerprint density at radius 3 is 2.70 bits per heavy atom. The topological polar surface area (TPSA) is 121 Å². The third-order valence-corrected chi connectivity index (χ3v) is 9.48. The summed E-state index contributed by atoms with van der Waals surface area (Å²) in [6.07, 6.45) is 2.52. The second-order valence-corrected chi connectivity index (χ2v) is 12.9. The molecule has 2 aromatic heterocycles. The minimum atomic E-state index is -3.22. The van der Waals surface area contributed by atoms with Gasteiger partial charge in [0, 0.05) is 12.7 Å². The van der Waals surface area contributed by atoms with E-state index in [0.717, 1.165) is 17.3 Å². The molecule has 0 radical (unpaired) electrons. The highest BCUT2D eigenvalue weighted by Crippen LogP contribution is 2.36. The molecule has 1 aromatic carbocycles. The Labute approximate surface area is 223 Å². The van der Waals surface area contributed by atoms with E-state index < -0.39 is 27.9 Å². The van der Waals surface area contributed by atoms with Gasteiger partial charge in [0.15, 0.2) is 9.84 Å². The lowest BCUT2D eigenvalue weighted by atomic mass is 10.1. The van der Waals surface area contributed by atoms with E-state index in [1.807, 2.05) is 31.2 Å². The molecular formula is C25H24N4O5S3. The second-order valence-electron chi connectivity index (χ2n) is 8.98. The van der Waals surface area contributed by atoms with Crippen molar-refractivity contribution in [3.63, 3.8) is 0 Å². The van der Waals surface area contributed by atoms with Crippen LogP contribution in [0.4, 0.5) is 5.82 Å². The van der Waals surface area contributed by atoms with E-state index in [4.69, 9.17) is 12.2 Å². The van der Waals surface area contributed by atoms with Crippen LogP contribution in [0.3, 0.4) is 0 Å². The average molecular weight is 557 g/mol. The number of fused-ring (bicyclic) bond motifs is 1. The molecular weight excluding hydrogens is 532 g/mol. The second kappa shape index (κ2) is 10.0. The van der Waals surface area contributed by atoms with E-state index in [0.29, 0.717) is 17.6 Å². The fourth-order valence-corrected chi connectivity index (χ4v) is 7.55. The summed E-state index contributed by atoms with van der Waals surface area (Å²) in [6, 6.07) is 12.2.